The summed E-state index contributed by atoms with van der Waals surface area (Å²) in [5.74, 6) is 2.24. The van der Waals surface area contributed by atoms with Gasteiger partial charge in [0, 0.05) is 26.8 Å². The number of methoxy groups -OCH3 is 1. The summed E-state index contributed by atoms with van der Waals surface area (Å²) in [6, 6.07) is 1.89. The molecule has 2 N–H and O–H groups in total. The maximum absolute atomic E-state index is 5.42. The van der Waals surface area contributed by atoms with Crippen LogP contribution < -0.4 is 10.6 Å². The van der Waals surface area contributed by atoms with E-state index >= 15 is 0 Å². The van der Waals surface area contributed by atoms with Gasteiger partial charge in [-0.15, -0.1) is 0 Å². The molecule has 2 heterocycles. The molecule has 0 radical (unpaired) electrons. The number of ether oxygens (including phenoxy) is 2. The molecule has 1 aliphatic rings. The summed E-state index contributed by atoms with van der Waals surface area (Å²) in [7, 11) is 3.47. The Hall–Kier alpha value is -1.40. The molecule has 0 aromatic carbocycles. The second kappa shape index (κ2) is 5.49. The van der Waals surface area contributed by atoms with Gasteiger partial charge in [-0.1, -0.05) is 0 Å². The van der Waals surface area contributed by atoms with Crippen molar-refractivity contribution in [3.05, 3.63) is 11.9 Å². The Kier molecular flexibility index (Phi) is 3.98. The standard InChI is InChI=1S/C12H20N4O2/c1-12(4-5-18-8-12)16-10-6-9(13-2)14-11(15-10)7-17-3/h6H,4-5,7-8H2,1-3H3,(H2,13,14,15,16). The summed E-state index contributed by atoms with van der Waals surface area (Å²) in [6.45, 7) is 4.03. The summed E-state index contributed by atoms with van der Waals surface area (Å²) in [5, 5.41) is 6.44. The molecular formula is C12H20N4O2. The molecule has 1 atom stereocenters. The minimum absolute atomic E-state index is 0.0519. The Morgan fingerprint density at radius 2 is 2.22 bits per heavy atom. The maximum Gasteiger partial charge on any atom is 0.158 e. The van der Waals surface area contributed by atoms with Crippen molar-refractivity contribution >= 4 is 11.6 Å². The number of hydrogen-bond acceptors (Lipinski definition) is 6. The SMILES string of the molecule is CNc1cc(NC2(C)CCOC2)nc(COC)n1. The van der Waals surface area contributed by atoms with Crippen LogP contribution in [-0.2, 0) is 16.1 Å². The third kappa shape index (κ3) is 3.08. The average Bonchev–Trinajstić information content (AvgIpc) is 2.75. The fourth-order valence-electron chi connectivity index (χ4n) is 1.96. The summed E-state index contributed by atoms with van der Waals surface area (Å²) in [6.07, 6.45) is 0.978. The van der Waals surface area contributed by atoms with Gasteiger partial charge in [-0.05, 0) is 13.3 Å². The Morgan fingerprint density at radius 1 is 1.44 bits per heavy atom. The second-order valence-electron chi connectivity index (χ2n) is 4.73. The van der Waals surface area contributed by atoms with Crippen molar-refractivity contribution in [2.45, 2.75) is 25.5 Å². The smallest absolute Gasteiger partial charge is 0.158 e. The lowest BCUT2D eigenvalue weighted by Gasteiger charge is -2.24. The van der Waals surface area contributed by atoms with Crippen molar-refractivity contribution < 1.29 is 9.47 Å². The molecule has 0 bridgehead atoms. The predicted molar refractivity (Wildman–Crippen MR) is 69.8 cm³/mol. The average molecular weight is 252 g/mol. The predicted octanol–water partition coefficient (Wildman–Crippen LogP) is 1.26. The molecule has 2 rings (SSSR count). The minimum atomic E-state index is -0.0519. The Bertz CT molecular complexity index is 405. The zero-order valence-corrected chi connectivity index (χ0v) is 11.1. The topological polar surface area (TPSA) is 68.3 Å². The van der Waals surface area contributed by atoms with Crippen LogP contribution in [0.2, 0.25) is 0 Å². The summed E-state index contributed by atoms with van der Waals surface area (Å²) in [5.41, 5.74) is -0.0519. The third-order valence-electron chi connectivity index (χ3n) is 2.95. The fourth-order valence-corrected chi connectivity index (χ4v) is 1.96. The van der Waals surface area contributed by atoms with Gasteiger partial charge in [0.15, 0.2) is 5.82 Å². The lowest BCUT2D eigenvalue weighted by atomic mass is 10.0. The molecule has 0 saturated carbocycles. The highest BCUT2D eigenvalue weighted by molar-refractivity contribution is 5.48. The van der Waals surface area contributed by atoms with E-state index in [-0.39, 0.29) is 5.54 Å². The molecule has 0 aliphatic carbocycles. The van der Waals surface area contributed by atoms with Crippen molar-refractivity contribution in [1.82, 2.24) is 9.97 Å². The van der Waals surface area contributed by atoms with Gasteiger partial charge in [-0.2, -0.15) is 0 Å². The normalized spacial score (nSPS) is 23.1. The van der Waals surface area contributed by atoms with Gasteiger partial charge in [0.05, 0.1) is 12.1 Å². The van der Waals surface area contributed by atoms with E-state index in [9.17, 15) is 0 Å². The van der Waals surface area contributed by atoms with Crippen LogP contribution in [0.4, 0.5) is 11.6 Å². The van der Waals surface area contributed by atoms with E-state index in [1.165, 1.54) is 0 Å². The first-order valence-electron chi connectivity index (χ1n) is 6.06. The quantitative estimate of drug-likeness (QED) is 0.822. The van der Waals surface area contributed by atoms with E-state index in [0.717, 1.165) is 24.7 Å². The zero-order valence-electron chi connectivity index (χ0n) is 11.1. The van der Waals surface area contributed by atoms with Crippen LogP contribution in [-0.4, -0.2) is 42.9 Å². The number of rotatable bonds is 5. The largest absolute Gasteiger partial charge is 0.379 e. The molecule has 1 unspecified atom stereocenters. The van der Waals surface area contributed by atoms with E-state index in [1.807, 2.05) is 13.1 Å². The monoisotopic (exact) mass is 252 g/mol. The summed E-state index contributed by atoms with van der Waals surface area (Å²) >= 11 is 0. The van der Waals surface area contributed by atoms with Gasteiger partial charge in [0.25, 0.3) is 0 Å². The van der Waals surface area contributed by atoms with E-state index in [2.05, 4.69) is 27.5 Å². The van der Waals surface area contributed by atoms with Gasteiger partial charge >= 0.3 is 0 Å². The van der Waals surface area contributed by atoms with Crippen LogP contribution in [0.1, 0.15) is 19.2 Å². The highest BCUT2D eigenvalue weighted by Gasteiger charge is 2.29. The van der Waals surface area contributed by atoms with E-state index in [4.69, 9.17) is 9.47 Å². The van der Waals surface area contributed by atoms with Crippen LogP contribution in [0.3, 0.4) is 0 Å². The molecule has 100 valence electrons. The van der Waals surface area contributed by atoms with Gasteiger partial charge in [0.2, 0.25) is 0 Å². The molecule has 1 aromatic heterocycles. The van der Waals surface area contributed by atoms with Gasteiger partial charge in [-0.25, -0.2) is 9.97 Å². The molecule has 6 heteroatoms. The number of anilines is 2. The van der Waals surface area contributed by atoms with E-state index in [0.29, 0.717) is 19.0 Å². The second-order valence-corrected chi connectivity index (χ2v) is 4.73. The Labute approximate surface area is 107 Å². The number of hydrogen-bond donors (Lipinski definition) is 2. The molecule has 18 heavy (non-hydrogen) atoms. The molecular weight excluding hydrogens is 232 g/mol. The number of aromatic nitrogens is 2. The van der Waals surface area contributed by atoms with Crippen LogP contribution in [0, 0.1) is 0 Å². The molecule has 1 aliphatic heterocycles. The molecule has 0 amide bonds. The molecule has 1 aromatic rings. The lowest BCUT2D eigenvalue weighted by Crippen LogP contribution is -2.35. The van der Waals surface area contributed by atoms with Crippen molar-refractivity contribution in [1.29, 1.82) is 0 Å². The number of nitrogens with one attached hydrogen (secondary N) is 2. The van der Waals surface area contributed by atoms with Crippen LogP contribution in [0.15, 0.2) is 6.07 Å². The van der Waals surface area contributed by atoms with Crippen molar-refractivity contribution in [3.63, 3.8) is 0 Å². The van der Waals surface area contributed by atoms with Gasteiger partial charge in [-0.3, -0.25) is 0 Å². The minimum Gasteiger partial charge on any atom is -0.379 e. The van der Waals surface area contributed by atoms with Crippen molar-refractivity contribution in [3.8, 4) is 0 Å². The van der Waals surface area contributed by atoms with E-state index < -0.39 is 0 Å². The molecule has 6 nitrogen and oxygen atoms in total. The summed E-state index contributed by atoms with van der Waals surface area (Å²) in [4.78, 5) is 8.76. The number of nitrogens with zero attached hydrogens (tertiary/aromatic N) is 2. The first kappa shape index (κ1) is 13.0. The first-order chi connectivity index (χ1) is 8.65. The highest BCUT2D eigenvalue weighted by Crippen LogP contribution is 2.23. The first-order valence-corrected chi connectivity index (χ1v) is 6.06. The summed E-state index contributed by atoms with van der Waals surface area (Å²) < 4.78 is 10.5. The molecule has 1 saturated heterocycles. The Balaban J connectivity index is 2.17. The van der Waals surface area contributed by atoms with Crippen molar-refractivity contribution in [2.24, 2.45) is 0 Å². The van der Waals surface area contributed by atoms with Crippen molar-refractivity contribution in [2.75, 3.05) is 38.0 Å². The maximum atomic E-state index is 5.42. The Morgan fingerprint density at radius 3 is 2.83 bits per heavy atom. The van der Waals surface area contributed by atoms with Gasteiger partial charge in [0.1, 0.15) is 18.2 Å². The van der Waals surface area contributed by atoms with E-state index in [1.54, 1.807) is 7.11 Å². The van der Waals surface area contributed by atoms with Crippen LogP contribution in [0.25, 0.3) is 0 Å². The highest BCUT2D eigenvalue weighted by atomic mass is 16.5. The molecule has 0 spiro atoms. The zero-order chi connectivity index (χ0) is 13.0. The fraction of sp³-hybridized carbons (Fsp3) is 0.667. The van der Waals surface area contributed by atoms with Gasteiger partial charge < -0.3 is 20.1 Å². The van der Waals surface area contributed by atoms with Crippen LogP contribution >= 0.6 is 0 Å². The van der Waals surface area contributed by atoms with Crippen LogP contribution in [0.5, 0.6) is 0 Å². The lowest BCUT2D eigenvalue weighted by molar-refractivity contribution is 0.177. The molecule has 1 fully saturated rings. The third-order valence-corrected chi connectivity index (χ3v) is 2.95.